The maximum absolute atomic E-state index is 11.6. The van der Waals surface area contributed by atoms with Gasteiger partial charge in [0.15, 0.2) is 0 Å². The third kappa shape index (κ3) is 6.37. The number of thiocarbonyl (C=S) groups is 1. The van der Waals surface area contributed by atoms with Crippen molar-refractivity contribution >= 4 is 27.4 Å². The van der Waals surface area contributed by atoms with E-state index in [1.54, 1.807) is 0 Å². The average Bonchev–Trinajstić information content (AvgIpc) is 2.10. The van der Waals surface area contributed by atoms with Crippen molar-refractivity contribution in [2.24, 2.45) is 17.6 Å². The van der Waals surface area contributed by atoms with Crippen molar-refractivity contribution < 1.29 is 8.42 Å². The van der Waals surface area contributed by atoms with Crippen molar-refractivity contribution in [3.05, 3.63) is 0 Å². The third-order valence-electron chi connectivity index (χ3n) is 1.94. The second-order valence-electron chi connectivity index (χ2n) is 4.49. The predicted octanol–water partition coefficient (Wildman–Crippen LogP) is 0.377. The van der Waals surface area contributed by atoms with E-state index < -0.39 is 16.3 Å². The van der Waals surface area contributed by atoms with Gasteiger partial charge >= 0.3 is 0 Å². The van der Waals surface area contributed by atoms with Gasteiger partial charge in [0, 0.05) is 6.54 Å². The fourth-order valence-electron chi connectivity index (χ4n) is 1.01. The summed E-state index contributed by atoms with van der Waals surface area (Å²) >= 11 is 4.82. The van der Waals surface area contributed by atoms with Gasteiger partial charge in [0.2, 0.25) is 0 Å². The summed E-state index contributed by atoms with van der Waals surface area (Å²) in [5, 5.41) is 0. The highest BCUT2D eigenvalue weighted by Gasteiger charge is 2.22. The van der Waals surface area contributed by atoms with E-state index in [1.165, 1.54) is 0 Å². The van der Waals surface area contributed by atoms with Crippen LogP contribution in [0.5, 0.6) is 0 Å². The molecule has 0 aromatic rings. The molecule has 0 aliphatic heterocycles. The Morgan fingerprint density at radius 1 is 1.31 bits per heavy atom. The monoisotopic (exact) mass is 267 g/mol. The smallest absolute Gasteiger partial charge is 0.277 e. The zero-order valence-electron chi connectivity index (χ0n) is 10.1. The van der Waals surface area contributed by atoms with Crippen molar-refractivity contribution in [3.63, 3.8) is 0 Å². The molecule has 0 aromatic heterocycles. The predicted molar refractivity (Wildman–Crippen MR) is 70.3 cm³/mol. The van der Waals surface area contributed by atoms with Gasteiger partial charge < -0.3 is 5.73 Å². The van der Waals surface area contributed by atoms with Gasteiger partial charge in [-0.1, -0.05) is 39.9 Å². The highest BCUT2D eigenvalue weighted by atomic mass is 32.2. The van der Waals surface area contributed by atoms with E-state index in [-0.39, 0.29) is 16.8 Å². The summed E-state index contributed by atoms with van der Waals surface area (Å²) in [5.41, 5.74) is 5.48. The van der Waals surface area contributed by atoms with Crippen molar-refractivity contribution in [1.82, 2.24) is 9.44 Å². The van der Waals surface area contributed by atoms with Crippen LogP contribution < -0.4 is 15.2 Å². The molecule has 0 fully saturated rings. The molecule has 0 aliphatic carbocycles. The van der Waals surface area contributed by atoms with Crippen LogP contribution in [-0.4, -0.2) is 26.0 Å². The standard InChI is InChI=1S/C9H21N3O2S2/c1-6(2)5-11-16(13,14)12-8(7(3)4)9(10)15/h6-8,11-12H,5H2,1-4H3,(H2,10,15). The molecule has 0 heterocycles. The fraction of sp³-hybridized carbons (Fsp3) is 0.889. The molecule has 96 valence electrons. The Balaban J connectivity index is 4.49. The summed E-state index contributed by atoms with van der Waals surface area (Å²) in [5.74, 6) is 0.270. The molecule has 0 saturated heterocycles. The molecule has 4 N–H and O–H groups in total. The number of nitrogens with two attached hydrogens (primary N) is 1. The molecule has 0 radical (unpaired) electrons. The lowest BCUT2D eigenvalue weighted by Crippen LogP contribution is -2.51. The van der Waals surface area contributed by atoms with Crippen molar-refractivity contribution in [1.29, 1.82) is 0 Å². The van der Waals surface area contributed by atoms with E-state index in [4.69, 9.17) is 18.0 Å². The molecular formula is C9H21N3O2S2. The Hall–Kier alpha value is -0.240. The van der Waals surface area contributed by atoms with Crippen LogP contribution in [0.1, 0.15) is 27.7 Å². The Morgan fingerprint density at radius 3 is 2.12 bits per heavy atom. The minimum absolute atomic E-state index is 0.0214. The number of nitrogens with one attached hydrogen (secondary N) is 2. The minimum atomic E-state index is -3.53. The molecule has 0 aliphatic rings. The van der Waals surface area contributed by atoms with Gasteiger partial charge in [-0.05, 0) is 11.8 Å². The quantitative estimate of drug-likeness (QED) is 0.582. The third-order valence-corrected chi connectivity index (χ3v) is 3.30. The summed E-state index contributed by atoms with van der Waals surface area (Å²) in [4.78, 5) is 0.157. The van der Waals surface area contributed by atoms with E-state index in [0.29, 0.717) is 6.54 Å². The lowest BCUT2D eigenvalue weighted by molar-refractivity contribution is 0.509. The van der Waals surface area contributed by atoms with Gasteiger partial charge in [0.05, 0.1) is 11.0 Å². The maximum Gasteiger partial charge on any atom is 0.277 e. The molecule has 1 atom stereocenters. The average molecular weight is 267 g/mol. The topological polar surface area (TPSA) is 84.2 Å². The molecule has 0 rings (SSSR count). The molecule has 0 amide bonds. The molecule has 0 spiro atoms. The number of hydrogen-bond donors (Lipinski definition) is 3. The molecule has 0 bridgehead atoms. The van der Waals surface area contributed by atoms with Crippen LogP contribution in [0, 0.1) is 11.8 Å². The van der Waals surface area contributed by atoms with Crippen LogP contribution in [0.2, 0.25) is 0 Å². The van der Waals surface area contributed by atoms with E-state index in [1.807, 2.05) is 27.7 Å². The van der Waals surface area contributed by atoms with Crippen LogP contribution in [0.4, 0.5) is 0 Å². The van der Waals surface area contributed by atoms with Crippen molar-refractivity contribution in [2.45, 2.75) is 33.7 Å². The van der Waals surface area contributed by atoms with Gasteiger partial charge in [0.25, 0.3) is 10.2 Å². The van der Waals surface area contributed by atoms with Crippen LogP contribution in [0.3, 0.4) is 0 Å². The van der Waals surface area contributed by atoms with Gasteiger partial charge in [-0.25, -0.2) is 4.72 Å². The largest absolute Gasteiger partial charge is 0.392 e. The van der Waals surface area contributed by atoms with Crippen molar-refractivity contribution in [3.8, 4) is 0 Å². The van der Waals surface area contributed by atoms with E-state index >= 15 is 0 Å². The highest BCUT2D eigenvalue weighted by Crippen LogP contribution is 2.03. The summed E-state index contributed by atoms with van der Waals surface area (Å²) in [7, 11) is -3.53. The zero-order chi connectivity index (χ0) is 12.9. The maximum atomic E-state index is 11.6. The Morgan fingerprint density at radius 2 is 1.81 bits per heavy atom. The minimum Gasteiger partial charge on any atom is -0.392 e. The van der Waals surface area contributed by atoms with Crippen molar-refractivity contribution in [2.75, 3.05) is 6.54 Å². The first kappa shape index (κ1) is 15.8. The second-order valence-corrected chi connectivity index (χ2v) is 6.49. The molecule has 0 saturated carbocycles. The molecule has 5 nitrogen and oxygen atoms in total. The lowest BCUT2D eigenvalue weighted by Gasteiger charge is -2.21. The Labute approximate surface area is 103 Å². The lowest BCUT2D eigenvalue weighted by atomic mass is 10.1. The second kappa shape index (κ2) is 6.48. The number of rotatable bonds is 7. The van der Waals surface area contributed by atoms with Gasteiger partial charge in [-0.3, -0.25) is 0 Å². The zero-order valence-corrected chi connectivity index (χ0v) is 11.8. The Kier molecular flexibility index (Phi) is 6.39. The SMILES string of the molecule is CC(C)CNS(=O)(=O)NC(C(N)=S)C(C)C. The van der Waals surface area contributed by atoms with Crippen LogP contribution >= 0.6 is 12.2 Å². The molecule has 7 heteroatoms. The highest BCUT2D eigenvalue weighted by molar-refractivity contribution is 7.87. The summed E-state index contributed by atoms with van der Waals surface area (Å²) < 4.78 is 28.1. The van der Waals surface area contributed by atoms with Crippen LogP contribution in [0.25, 0.3) is 0 Å². The number of hydrogen-bond acceptors (Lipinski definition) is 3. The van der Waals surface area contributed by atoms with Gasteiger partial charge in [-0.2, -0.15) is 13.1 Å². The molecular weight excluding hydrogens is 246 g/mol. The normalized spacial score (nSPS) is 14.4. The molecule has 0 aromatic carbocycles. The first-order chi connectivity index (χ1) is 7.15. The van der Waals surface area contributed by atoms with Gasteiger partial charge in [-0.15, -0.1) is 0 Å². The molecule has 16 heavy (non-hydrogen) atoms. The Bertz CT molecular complexity index is 326. The van der Waals surface area contributed by atoms with E-state index in [9.17, 15) is 8.42 Å². The van der Waals surface area contributed by atoms with E-state index in [2.05, 4.69) is 9.44 Å². The van der Waals surface area contributed by atoms with Crippen LogP contribution in [0.15, 0.2) is 0 Å². The summed E-state index contributed by atoms with van der Waals surface area (Å²) in [6.07, 6.45) is 0. The summed E-state index contributed by atoms with van der Waals surface area (Å²) in [6.45, 7) is 7.95. The first-order valence-corrected chi connectivity index (χ1v) is 7.11. The molecule has 1 unspecified atom stereocenters. The first-order valence-electron chi connectivity index (χ1n) is 5.22. The fourth-order valence-corrected chi connectivity index (χ4v) is 2.78. The van der Waals surface area contributed by atoms with Crippen LogP contribution in [-0.2, 0) is 10.2 Å². The summed E-state index contributed by atoms with van der Waals surface area (Å²) in [6, 6.07) is -0.514. The van der Waals surface area contributed by atoms with E-state index in [0.717, 1.165) is 0 Å². The van der Waals surface area contributed by atoms with Gasteiger partial charge in [0.1, 0.15) is 0 Å².